The van der Waals surface area contributed by atoms with Crippen LogP contribution in [0.2, 0.25) is 0 Å². The van der Waals surface area contributed by atoms with Crippen molar-refractivity contribution < 1.29 is 0 Å². The van der Waals surface area contributed by atoms with Crippen LogP contribution in [0.1, 0.15) is 24.8 Å². The largest absolute Gasteiger partial charge is 0.315 e. The zero-order chi connectivity index (χ0) is 13.2. The molecule has 0 spiro atoms. The molecule has 2 aromatic rings. The van der Waals surface area contributed by atoms with Crippen LogP contribution in [0.3, 0.4) is 0 Å². The summed E-state index contributed by atoms with van der Waals surface area (Å²) in [5.41, 5.74) is 2.60. The highest BCUT2D eigenvalue weighted by Gasteiger charge is 2.16. The lowest BCUT2D eigenvalue weighted by Gasteiger charge is -2.07. The Hall–Kier alpha value is -0.580. The average molecular weight is 309 g/mol. The summed E-state index contributed by atoms with van der Waals surface area (Å²) in [5.74, 6) is 0. The Kier molecular flexibility index (Phi) is 4.10. The maximum absolute atomic E-state index is 4.68. The molecule has 0 atom stereocenters. The molecular formula is C15H18NS3+. The Morgan fingerprint density at radius 3 is 2.37 bits per heavy atom. The van der Waals surface area contributed by atoms with Crippen LogP contribution in [-0.4, -0.2) is 13.1 Å². The molecule has 0 N–H and O–H groups in total. The number of hydrogen-bond acceptors (Lipinski definition) is 3. The third-order valence-corrected chi connectivity index (χ3v) is 6.68. The average Bonchev–Trinajstić information content (AvgIpc) is 2.83. The van der Waals surface area contributed by atoms with Gasteiger partial charge in [0.15, 0.2) is 0 Å². The number of hydrogen-bond donors (Lipinski definition) is 1. The number of benzene rings is 1. The van der Waals surface area contributed by atoms with Gasteiger partial charge in [0.25, 0.3) is 0 Å². The van der Waals surface area contributed by atoms with Gasteiger partial charge in [-0.15, -0.1) is 12.6 Å². The quantitative estimate of drug-likeness (QED) is 0.598. The van der Waals surface area contributed by atoms with Crippen LogP contribution in [0.4, 0.5) is 0 Å². The molecule has 2 heterocycles. The van der Waals surface area contributed by atoms with Gasteiger partial charge in [-0.2, -0.15) is 0 Å². The van der Waals surface area contributed by atoms with Crippen molar-refractivity contribution in [2.45, 2.75) is 30.4 Å². The molecule has 1 aromatic heterocycles. The maximum atomic E-state index is 4.68. The zero-order valence-electron chi connectivity index (χ0n) is 11.1. The predicted octanol–water partition coefficient (Wildman–Crippen LogP) is 4.03. The minimum Gasteiger partial charge on any atom is -0.212 e. The van der Waals surface area contributed by atoms with Crippen LogP contribution in [0.25, 0.3) is 10.4 Å². The lowest BCUT2D eigenvalue weighted by molar-refractivity contribution is 0.459. The molecule has 1 aromatic carbocycles. The van der Waals surface area contributed by atoms with Crippen molar-refractivity contribution in [3.63, 3.8) is 0 Å². The fraction of sp³-hybridized carbons (Fsp3) is 0.400. The number of piperidine rings is 1. The summed E-state index contributed by atoms with van der Waals surface area (Å²) in [6.45, 7) is 4.54. The van der Waals surface area contributed by atoms with E-state index in [1.54, 1.807) is 0 Å². The second kappa shape index (κ2) is 5.81. The molecule has 0 saturated carbocycles. The Bertz CT molecular complexity index is 626. The van der Waals surface area contributed by atoms with Gasteiger partial charge in [0.1, 0.15) is 13.1 Å². The van der Waals surface area contributed by atoms with E-state index in [-0.39, 0.29) is 0 Å². The Morgan fingerprint density at radius 1 is 1.00 bits per heavy atom. The minimum absolute atomic E-state index is 1.15. The van der Waals surface area contributed by atoms with Crippen molar-refractivity contribution in [3.8, 4) is 10.4 Å². The van der Waals surface area contributed by atoms with Crippen LogP contribution in [0.5, 0.6) is 0 Å². The number of thiol groups is 1. The normalized spacial score (nSPS) is 15.8. The lowest BCUT2D eigenvalue weighted by atomic mass is 10.1. The van der Waals surface area contributed by atoms with E-state index in [0.29, 0.717) is 0 Å². The van der Waals surface area contributed by atoms with Gasteiger partial charge < -0.3 is 0 Å². The van der Waals surface area contributed by atoms with Crippen LogP contribution in [0, 0.1) is 6.92 Å². The molecule has 0 radical (unpaired) electrons. The van der Waals surface area contributed by atoms with Crippen molar-refractivity contribution in [3.05, 3.63) is 33.8 Å². The van der Waals surface area contributed by atoms with E-state index in [1.807, 2.05) is 22.7 Å². The summed E-state index contributed by atoms with van der Waals surface area (Å²) in [5, 5.41) is 0. The predicted molar refractivity (Wildman–Crippen MR) is 88.5 cm³/mol. The van der Waals surface area contributed by atoms with E-state index in [1.165, 1.54) is 52.3 Å². The van der Waals surface area contributed by atoms with Crippen LogP contribution in [0.15, 0.2) is 28.5 Å². The SMILES string of the molecule is Cc1ccc(-c2sc(=[N+]3CCCCC3)sc2S)cc1. The highest BCUT2D eigenvalue weighted by atomic mass is 32.2. The molecule has 0 aliphatic carbocycles. The van der Waals surface area contributed by atoms with Gasteiger partial charge in [0.2, 0.25) is 0 Å². The van der Waals surface area contributed by atoms with Gasteiger partial charge in [0.05, 0.1) is 9.09 Å². The van der Waals surface area contributed by atoms with Crippen molar-refractivity contribution in [1.29, 1.82) is 0 Å². The van der Waals surface area contributed by atoms with E-state index in [4.69, 9.17) is 0 Å². The van der Waals surface area contributed by atoms with Gasteiger partial charge >= 0.3 is 3.98 Å². The molecule has 0 bridgehead atoms. The first-order chi connectivity index (χ1) is 9.24. The topological polar surface area (TPSA) is 3.01 Å². The smallest absolute Gasteiger partial charge is 0.212 e. The first-order valence-electron chi connectivity index (χ1n) is 6.72. The molecule has 1 saturated heterocycles. The van der Waals surface area contributed by atoms with E-state index in [2.05, 4.69) is 48.4 Å². The molecular weight excluding hydrogens is 290 g/mol. The fourth-order valence-corrected chi connectivity index (χ4v) is 5.52. The molecule has 1 aliphatic heterocycles. The Balaban J connectivity index is 2.04. The molecule has 19 heavy (non-hydrogen) atoms. The second-order valence-corrected chi connectivity index (χ2v) is 8.02. The Morgan fingerprint density at radius 2 is 1.68 bits per heavy atom. The van der Waals surface area contributed by atoms with E-state index >= 15 is 0 Å². The molecule has 0 unspecified atom stereocenters. The highest BCUT2D eigenvalue weighted by Crippen LogP contribution is 2.32. The molecule has 3 rings (SSSR count). The number of aryl methyl sites for hydroxylation is 1. The summed E-state index contributed by atoms with van der Waals surface area (Å²) < 4.78 is 5.09. The lowest BCUT2D eigenvalue weighted by Crippen LogP contribution is -2.31. The fourth-order valence-electron chi connectivity index (χ4n) is 2.37. The first-order valence-corrected chi connectivity index (χ1v) is 8.80. The molecule has 0 amide bonds. The summed E-state index contributed by atoms with van der Waals surface area (Å²) in [6, 6.07) is 8.75. The van der Waals surface area contributed by atoms with Crippen LogP contribution < -0.4 is 8.56 Å². The number of nitrogens with zero attached hydrogens (tertiary/aromatic N) is 1. The molecule has 1 aliphatic rings. The van der Waals surface area contributed by atoms with Crippen molar-refractivity contribution in [1.82, 2.24) is 4.58 Å². The third-order valence-electron chi connectivity index (χ3n) is 3.50. The van der Waals surface area contributed by atoms with Gasteiger partial charge in [0, 0.05) is 12.8 Å². The molecule has 100 valence electrons. The summed E-state index contributed by atoms with van der Waals surface area (Å²) in [4.78, 5) is 1.31. The molecule has 1 nitrogen and oxygen atoms in total. The van der Waals surface area contributed by atoms with E-state index < -0.39 is 0 Å². The van der Waals surface area contributed by atoms with Crippen molar-refractivity contribution in [2.75, 3.05) is 13.1 Å². The van der Waals surface area contributed by atoms with Crippen molar-refractivity contribution in [2.24, 2.45) is 0 Å². The van der Waals surface area contributed by atoms with E-state index in [9.17, 15) is 0 Å². The summed E-state index contributed by atoms with van der Waals surface area (Å²) in [7, 11) is 0. The van der Waals surface area contributed by atoms with Gasteiger partial charge in [-0.25, -0.2) is 4.58 Å². The zero-order valence-corrected chi connectivity index (χ0v) is 13.6. The van der Waals surface area contributed by atoms with Gasteiger partial charge in [-0.05, 0) is 30.2 Å². The minimum atomic E-state index is 1.15. The molecule has 4 heteroatoms. The van der Waals surface area contributed by atoms with Gasteiger partial charge in [-0.3, -0.25) is 0 Å². The van der Waals surface area contributed by atoms with E-state index in [0.717, 1.165) is 4.21 Å². The van der Waals surface area contributed by atoms with Crippen LogP contribution >= 0.6 is 35.3 Å². The maximum Gasteiger partial charge on any atom is 0.315 e. The monoisotopic (exact) mass is 308 g/mol. The second-order valence-electron chi connectivity index (χ2n) is 5.02. The van der Waals surface area contributed by atoms with Crippen LogP contribution in [-0.2, 0) is 0 Å². The Labute approximate surface area is 127 Å². The third kappa shape index (κ3) is 2.96. The van der Waals surface area contributed by atoms with Gasteiger partial charge in [-0.1, -0.05) is 41.2 Å². The highest BCUT2D eigenvalue weighted by molar-refractivity contribution is 7.83. The first kappa shape index (κ1) is 13.4. The van der Waals surface area contributed by atoms with Crippen molar-refractivity contribution >= 4 is 35.3 Å². The summed E-state index contributed by atoms with van der Waals surface area (Å²) in [6.07, 6.45) is 4.03. The molecule has 1 fully saturated rings. The number of rotatable bonds is 1. The standard InChI is InChI=1S/C15H17NS3/c1-11-5-7-12(8-6-11)13-14(17)19-15(18-13)16-9-3-2-4-10-16/h5-8H,2-4,9-10H2,1H3/p+1. The summed E-state index contributed by atoms with van der Waals surface area (Å²) >= 11 is 8.40.